The Morgan fingerprint density at radius 3 is 2.89 bits per heavy atom. The van der Waals surface area contributed by atoms with Crippen LogP contribution in [0.2, 0.25) is 0 Å². The lowest BCUT2D eigenvalue weighted by atomic mass is 10.2. The van der Waals surface area contributed by atoms with E-state index < -0.39 is 0 Å². The maximum Gasteiger partial charge on any atom is 0.262 e. The summed E-state index contributed by atoms with van der Waals surface area (Å²) in [5.74, 6) is -0.163. The predicted octanol–water partition coefficient (Wildman–Crippen LogP) is 1.86. The summed E-state index contributed by atoms with van der Waals surface area (Å²) in [6.07, 6.45) is 0.686. The molecule has 0 spiro atoms. The zero-order chi connectivity index (χ0) is 13.4. The monoisotopic (exact) mass is 274 g/mol. The fourth-order valence-corrected chi connectivity index (χ4v) is 3.25. The first-order valence-electron chi connectivity index (χ1n) is 6.19. The number of amides is 2. The van der Waals surface area contributed by atoms with Gasteiger partial charge < -0.3 is 10.2 Å². The summed E-state index contributed by atoms with van der Waals surface area (Å²) in [4.78, 5) is 26.2. The number of thiophene rings is 1. The van der Waals surface area contributed by atoms with Crippen molar-refractivity contribution < 1.29 is 9.59 Å². The summed E-state index contributed by atoms with van der Waals surface area (Å²) in [6, 6.07) is 9.38. The molecule has 1 aromatic heterocycles. The Kier molecular flexibility index (Phi) is 2.98. The van der Waals surface area contributed by atoms with Crippen LogP contribution in [0.1, 0.15) is 16.1 Å². The Morgan fingerprint density at radius 1 is 1.42 bits per heavy atom. The van der Waals surface area contributed by atoms with Crippen molar-refractivity contribution in [3.63, 3.8) is 0 Å². The maximum absolute atomic E-state index is 12.2. The van der Waals surface area contributed by atoms with Crippen molar-refractivity contribution in [1.82, 2.24) is 10.2 Å². The van der Waals surface area contributed by atoms with Crippen LogP contribution in [-0.4, -0.2) is 36.3 Å². The lowest BCUT2D eigenvalue weighted by Crippen LogP contribution is -2.40. The Hall–Kier alpha value is -1.88. The predicted molar refractivity (Wildman–Crippen MR) is 75.3 cm³/mol. The summed E-state index contributed by atoms with van der Waals surface area (Å²) < 4.78 is 1.09. The molecule has 0 radical (unpaired) electrons. The molecule has 2 aromatic rings. The van der Waals surface area contributed by atoms with Gasteiger partial charge in [-0.15, -0.1) is 11.3 Å². The van der Waals surface area contributed by atoms with E-state index in [4.69, 9.17) is 0 Å². The van der Waals surface area contributed by atoms with Crippen molar-refractivity contribution in [2.45, 2.75) is 12.5 Å². The molecule has 1 aliphatic rings. The number of hydrogen-bond acceptors (Lipinski definition) is 3. The van der Waals surface area contributed by atoms with E-state index in [1.165, 1.54) is 11.3 Å². The van der Waals surface area contributed by atoms with E-state index in [1.54, 1.807) is 11.9 Å². The van der Waals surface area contributed by atoms with E-state index in [1.807, 2.05) is 30.3 Å². The molecule has 98 valence electrons. The van der Waals surface area contributed by atoms with Crippen LogP contribution in [0.4, 0.5) is 0 Å². The zero-order valence-corrected chi connectivity index (χ0v) is 11.4. The van der Waals surface area contributed by atoms with E-state index in [2.05, 4.69) is 5.32 Å². The average molecular weight is 274 g/mol. The molecule has 1 aromatic carbocycles. The van der Waals surface area contributed by atoms with Gasteiger partial charge in [0.25, 0.3) is 5.91 Å². The topological polar surface area (TPSA) is 49.4 Å². The van der Waals surface area contributed by atoms with Crippen LogP contribution in [0.25, 0.3) is 10.1 Å². The fourth-order valence-electron chi connectivity index (χ4n) is 2.28. The zero-order valence-electron chi connectivity index (χ0n) is 10.6. The molecule has 1 saturated heterocycles. The number of carbonyl (C=O) groups is 2. The molecule has 1 N–H and O–H groups in total. The van der Waals surface area contributed by atoms with Gasteiger partial charge in [-0.1, -0.05) is 18.2 Å². The molecular formula is C14H14N2O2S. The third-order valence-corrected chi connectivity index (χ3v) is 4.50. The van der Waals surface area contributed by atoms with Crippen LogP contribution in [-0.2, 0) is 4.79 Å². The second-order valence-corrected chi connectivity index (χ2v) is 5.81. The van der Waals surface area contributed by atoms with Gasteiger partial charge in [0, 0.05) is 18.3 Å². The highest BCUT2D eigenvalue weighted by atomic mass is 32.1. The van der Waals surface area contributed by atoms with Gasteiger partial charge in [-0.05, 0) is 23.9 Å². The van der Waals surface area contributed by atoms with Crippen molar-refractivity contribution in [2.75, 3.05) is 13.6 Å². The summed E-state index contributed by atoms with van der Waals surface area (Å²) in [5.41, 5.74) is 0. The fraction of sp³-hybridized carbons (Fsp3) is 0.286. The lowest BCUT2D eigenvalue weighted by molar-refractivity contribution is -0.128. The van der Waals surface area contributed by atoms with E-state index in [9.17, 15) is 9.59 Å². The molecule has 0 saturated carbocycles. The highest BCUT2D eigenvalue weighted by Crippen LogP contribution is 2.25. The Morgan fingerprint density at radius 2 is 2.21 bits per heavy atom. The van der Waals surface area contributed by atoms with Crippen LogP contribution in [0.5, 0.6) is 0 Å². The Balaban J connectivity index is 1.79. The van der Waals surface area contributed by atoms with Crippen LogP contribution in [0.15, 0.2) is 30.3 Å². The standard InChI is InChI=1S/C14H14N2O2S/c1-16-7-6-10(14(16)18)15-13(17)12-8-9-4-2-3-5-11(9)19-12/h2-5,8,10H,6-7H2,1H3,(H,15,17). The van der Waals surface area contributed by atoms with Crippen molar-refractivity contribution in [1.29, 1.82) is 0 Å². The SMILES string of the molecule is CN1CCC(NC(=O)c2cc3ccccc3s2)C1=O. The summed E-state index contributed by atoms with van der Waals surface area (Å²) >= 11 is 1.45. The van der Waals surface area contributed by atoms with Gasteiger partial charge in [0.1, 0.15) is 6.04 Å². The maximum atomic E-state index is 12.2. The third-order valence-electron chi connectivity index (χ3n) is 3.38. The van der Waals surface area contributed by atoms with Crippen molar-refractivity contribution >= 4 is 33.2 Å². The summed E-state index contributed by atoms with van der Waals surface area (Å²) in [7, 11) is 1.76. The lowest BCUT2D eigenvalue weighted by Gasteiger charge is -2.11. The van der Waals surface area contributed by atoms with Gasteiger partial charge in [0.2, 0.25) is 5.91 Å². The van der Waals surface area contributed by atoms with Gasteiger partial charge in [0.15, 0.2) is 0 Å². The Labute approximate surface area is 115 Å². The van der Waals surface area contributed by atoms with Crippen LogP contribution >= 0.6 is 11.3 Å². The molecule has 2 heterocycles. The minimum absolute atomic E-state index is 0.00513. The van der Waals surface area contributed by atoms with Crippen LogP contribution in [0.3, 0.4) is 0 Å². The highest BCUT2D eigenvalue weighted by Gasteiger charge is 2.30. The van der Waals surface area contributed by atoms with Gasteiger partial charge >= 0.3 is 0 Å². The van der Waals surface area contributed by atoms with Gasteiger partial charge in [0.05, 0.1) is 4.88 Å². The third kappa shape index (κ3) is 2.21. The first-order valence-corrected chi connectivity index (χ1v) is 7.01. The van der Waals surface area contributed by atoms with Gasteiger partial charge in [-0.3, -0.25) is 9.59 Å². The molecule has 2 amide bonds. The van der Waals surface area contributed by atoms with E-state index in [0.717, 1.165) is 10.1 Å². The first-order chi connectivity index (χ1) is 9.15. The first kappa shape index (κ1) is 12.2. The number of rotatable bonds is 2. The smallest absolute Gasteiger partial charge is 0.262 e. The Bertz CT molecular complexity index is 617. The number of likely N-dealkylation sites (N-methyl/N-ethyl adjacent to an activating group) is 1. The van der Waals surface area contributed by atoms with Gasteiger partial charge in [-0.25, -0.2) is 0 Å². The molecule has 4 nitrogen and oxygen atoms in total. The second kappa shape index (κ2) is 4.66. The average Bonchev–Trinajstić information content (AvgIpc) is 2.97. The number of nitrogens with zero attached hydrogens (tertiary/aromatic N) is 1. The van der Waals surface area contributed by atoms with Crippen molar-refractivity contribution in [3.8, 4) is 0 Å². The molecule has 3 rings (SSSR count). The molecule has 1 atom stereocenters. The quantitative estimate of drug-likeness (QED) is 0.908. The van der Waals surface area contributed by atoms with Crippen LogP contribution < -0.4 is 5.32 Å². The van der Waals surface area contributed by atoms with E-state index in [0.29, 0.717) is 17.8 Å². The molecule has 19 heavy (non-hydrogen) atoms. The molecule has 1 fully saturated rings. The molecule has 5 heteroatoms. The number of likely N-dealkylation sites (tertiary alicyclic amines) is 1. The molecule has 0 aliphatic carbocycles. The molecule has 1 unspecified atom stereocenters. The normalized spacial score (nSPS) is 19.1. The molecule has 0 bridgehead atoms. The largest absolute Gasteiger partial charge is 0.344 e. The number of carbonyl (C=O) groups excluding carboxylic acids is 2. The number of fused-ring (bicyclic) bond motifs is 1. The molecular weight excluding hydrogens is 260 g/mol. The minimum atomic E-state index is -0.372. The van der Waals surface area contributed by atoms with Crippen LogP contribution in [0, 0.1) is 0 Å². The number of hydrogen-bond donors (Lipinski definition) is 1. The number of nitrogens with one attached hydrogen (secondary N) is 1. The van der Waals surface area contributed by atoms with E-state index in [-0.39, 0.29) is 17.9 Å². The van der Waals surface area contributed by atoms with Gasteiger partial charge in [-0.2, -0.15) is 0 Å². The molecule has 1 aliphatic heterocycles. The number of benzene rings is 1. The summed E-state index contributed by atoms with van der Waals surface area (Å²) in [6.45, 7) is 0.705. The highest BCUT2D eigenvalue weighted by molar-refractivity contribution is 7.20. The second-order valence-electron chi connectivity index (χ2n) is 4.72. The minimum Gasteiger partial charge on any atom is -0.344 e. The van der Waals surface area contributed by atoms with Crippen molar-refractivity contribution in [2.24, 2.45) is 0 Å². The van der Waals surface area contributed by atoms with E-state index >= 15 is 0 Å². The summed E-state index contributed by atoms with van der Waals surface area (Å²) in [5, 5.41) is 3.88. The van der Waals surface area contributed by atoms with Crippen molar-refractivity contribution in [3.05, 3.63) is 35.2 Å².